The Balaban J connectivity index is 2.11. The first-order valence-corrected chi connectivity index (χ1v) is 7.08. The average Bonchev–Trinajstić information content (AvgIpc) is 2.85. The molecular formula is C15H27N. The second-order valence-corrected chi connectivity index (χ2v) is 6.32. The molecule has 92 valence electrons. The Hall–Kier alpha value is -0.300. The predicted molar refractivity (Wildman–Crippen MR) is 70.3 cm³/mol. The molecule has 1 atom stereocenters. The topological polar surface area (TPSA) is 26.0 Å². The van der Waals surface area contributed by atoms with Gasteiger partial charge in [0.25, 0.3) is 0 Å². The van der Waals surface area contributed by atoms with E-state index in [-0.39, 0.29) is 0 Å². The highest BCUT2D eigenvalue weighted by atomic mass is 14.7. The lowest BCUT2D eigenvalue weighted by Gasteiger charge is -2.38. The Kier molecular flexibility index (Phi) is 3.73. The van der Waals surface area contributed by atoms with Gasteiger partial charge in [0.15, 0.2) is 0 Å². The fraction of sp³-hybridized carbons (Fsp3) is 0.867. The van der Waals surface area contributed by atoms with Gasteiger partial charge in [-0.15, -0.1) is 0 Å². The van der Waals surface area contributed by atoms with Gasteiger partial charge in [-0.05, 0) is 49.9 Å². The Bertz CT molecular complexity index is 259. The summed E-state index contributed by atoms with van der Waals surface area (Å²) in [5.74, 6) is 0.783. The highest BCUT2D eigenvalue weighted by Crippen LogP contribution is 2.48. The van der Waals surface area contributed by atoms with Crippen molar-refractivity contribution in [3.05, 3.63) is 11.6 Å². The van der Waals surface area contributed by atoms with E-state index in [0.717, 1.165) is 5.92 Å². The van der Waals surface area contributed by atoms with Crippen molar-refractivity contribution in [2.24, 2.45) is 17.1 Å². The van der Waals surface area contributed by atoms with Gasteiger partial charge in [-0.25, -0.2) is 0 Å². The third kappa shape index (κ3) is 2.34. The molecule has 1 nitrogen and oxygen atoms in total. The van der Waals surface area contributed by atoms with E-state index in [4.69, 9.17) is 5.73 Å². The molecule has 1 saturated carbocycles. The van der Waals surface area contributed by atoms with Gasteiger partial charge in [-0.1, -0.05) is 38.3 Å². The molecule has 0 aromatic rings. The number of hydrogen-bond acceptors (Lipinski definition) is 1. The van der Waals surface area contributed by atoms with E-state index in [0.29, 0.717) is 11.5 Å². The van der Waals surface area contributed by atoms with Crippen molar-refractivity contribution in [1.82, 2.24) is 0 Å². The molecule has 0 amide bonds. The summed E-state index contributed by atoms with van der Waals surface area (Å²) >= 11 is 0. The first kappa shape index (κ1) is 12.2. The van der Waals surface area contributed by atoms with Gasteiger partial charge in [0.05, 0.1) is 0 Å². The molecule has 2 aliphatic rings. The SMILES string of the molecule is CC(C)CC1(C(N)C2=CCCC2)CCCC1. The van der Waals surface area contributed by atoms with Gasteiger partial charge in [-0.2, -0.15) is 0 Å². The third-order valence-electron chi connectivity index (χ3n) is 4.55. The summed E-state index contributed by atoms with van der Waals surface area (Å²) in [6.07, 6.45) is 13.1. The van der Waals surface area contributed by atoms with Crippen molar-refractivity contribution in [1.29, 1.82) is 0 Å². The maximum Gasteiger partial charge on any atom is 0.0311 e. The molecule has 16 heavy (non-hydrogen) atoms. The van der Waals surface area contributed by atoms with Crippen LogP contribution < -0.4 is 5.73 Å². The van der Waals surface area contributed by atoms with Crippen molar-refractivity contribution in [2.75, 3.05) is 0 Å². The van der Waals surface area contributed by atoms with Crippen LogP contribution in [-0.4, -0.2) is 6.04 Å². The van der Waals surface area contributed by atoms with Gasteiger partial charge in [0, 0.05) is 6.04 Å². The van der Waals surface area contributed by atoms with Crippen LogP contribution in [0.1, 0.15) is 65.2 Å². The summed E-state index contributed by atoms with van der Waals surface area (Å²) < 4.78 is 0. The van der Waals surface area contributed by atoms with Gasteiger partial charge in [-0.3, -0.25) is 0 Å². The molecule has 0 radical (unpaired) electrons. The van der Waals surface area contributed by atoms with Crippen molar-refractivity contribution >= 4 is 0 Å². The second kappa shape index (κ2) is 4.91. The number of allylic oxidation sites excluding steroid dienone is 1. The lowest BCUT2D eigenvalue weighted by Crippen LogP contribution is -2.42. The zero-order valence-corrected chi connectivity index (χ0v) is 11.0. The van der Waals surface area contributed by atoms with Crippen LogP contribution in [0.15, 0.2) is 11.6 Å². The van der Waals surface area contributed by atoms with Crippen LogP contribution >= 0.6 is 0 Å². The molecule has 0 bridgehead atoms. The molecular weight excluding hydrogens is 194 g/mol. The van der Waals surface area contributed by atoms with Gasteiger partial charge in [0.2, 0.25) is 0 Å². The van der Waals surface area contributed by atoms with E-state index in [1.165, 1.54) is 51.4 Å². The Morgan fingerprint density at radius 1 is 1.25 bits per heavy atom. The van der Waals surface area contributed by atoms with Crippen LogP contribution in [0.25, 0.3) is 0 Å². The van der Waals surface area contributed by atoms with Crippen molar-refractivity contribution in [2.45, 2.75) is 71.3 Å². The first-order chi connectivity index (χ1) is 7.64. The van der Waals surface area contributed by atoms with Crippen LogP contribution in [0.5, 0.6) is 0 Å². The lowest BCUT2D eigenvalue weighted by atomic mass is 9.70. The third-order valence-corrected chi connectivity index (χ3v) is 4.55. The van der Waals surface area contributed by atoms with Crippen LogP contribution in [0, 0.1) is 11.3 Å². The summed E-state index contributed by atoms with van der Waals surface area (Å²) in [5, 5.41) is 0. The predicted octanol–water partition coefficient (Wildman–Crippen LogP) is 4.03. The molecule has 0 aliphatic heterocycles. The van der Waals surface area contributed by atoms with Crippen molar-refractivity contribution in [3.8, 4) is 0 Å². The molecule has 1 heteroatoms. The molecule has 0 heterocycles. The molecule has 0 spiro atoms. The number of hydrogen-bond donors (Lipinski definition) is 1. The van der Waals surface area contributed by atoms with E-state index < -0.39 is 0 Å². The maximum absolute atomic E-state index is 6.60. The normalized spacial score (nSPS) is 26.1. The van der Waals surface area contributed by atoms with Crippen LogP contribution in [-0.2, 0) is 0 Å². The average molecular weight is 221 g/mol. The first-order valence-electron chi connectivity index (χ1n) is 7.08. The molecule has 2 aliphatic carbocycles. The number of rotatable bonds is 4. The van der Waals surface area contributed by atoms with Crippen molar-refractivity contribution < 1.29 is 0 Å². The van der Waals surface area contributed by atoms with Gasteiger partial charge in [0.1, 0.15) is 0 Å². The van der Waals surface area contributed by atoms with Crippen molar-refractivity contribution in [3.63, 3.8) is 0 Å². The summed E-state index contributed by atoms with van der Waals surface area (Å²) in [6.45, 7) is 4.69. The maximum atomic E-state index is 6.60. The fourth-order valence-corrected chi connectivity index (χ4v) is 3.91. The van der Waals surface area contributed by atoms with Gasteiger partial charge < -0.3 is 5.73 Å². The monoisotopic (exact) mass is 221 g/mol. The molecule has 2 rings (SSSR count). The highest BCUT2D eigenvalue weighted by Gasteiger charge is 2.41. The van der Waals surface area contributed by atoms with Crippen LogP contribution in [0.3, 0.4) is 0 Å². The molecule has 2 N–H and O–H groups in total. The lowest BCUT2D eigenvalue weighted by molar-refractivity contribution is 0.200. The standard InChI is InChI=1S/C15H27N/c1-12(2)11-15(9-5-6-10-15)14(16)13-7-3-4-8-13/h7,12,14H,3-6,8-11,16H2,1-2H3. The van der Waals surface area contributed by atoms with Gasteiger partial charge >= 0.3 is 0 Å². The number of nitrogens with two attached hydrogens (primary N) is 1. The zero-order valence-electron chi connectivity index (χ0n) is 11.0. The van der Waals surface area contributed by atoms with E-state index in [1.807, 2.05) is 0 Å². The largest absolute Gasteiger partial charge is 0.324 e. The van der Waals surface area contributed by atoms with E-state index in [9.17, 15) is 0 Å². The van der Waals surface area contributed by atoms with E-state index in [1.54, 1.807) is 5.57 Å². The Morgan fingerprint density at radius 2 is 1.94 bits per heavy atom. The molecule has 0 aromatic carbocycles. The fourth-order valence-electron chi connectivity index (χ4n) is 3.91. The summed E-state index contributed by atoms with van der Waals surface area (Å²) in [7, 11) is 0. The summed E-state index contributed by atoms with van der Waals surface area (Å²) in [6, 6.07) is 0.361. The van der Waals surface area contributed by atoms with Crippen LogP contribution in [0.2, 0.25) is 0 Å². The smallest absolute Gasteiger partial charge is 0.0311 e. The highest BCUT2D eigenvalue weighted by molar-refractivity contribution is 5.19. The Morgan fingerprint density at radius 3 is 2.44 bits per heavy atom. The second-order valence-electron chi connectivity index (χ2n) is 6.32. The van der Waals surface area contributed by atoms with Crippen LogP contribution in [0.4, 0.5) is 0 Å². The van der Waals surface area contributed by atoms with E-state index >= 15 is 0 Å². The zero-order chi connectivity index (χ0) is 11.6. The summed E-state index contributed by atoms with van der Waals surface area (Å²) in [5.41, 5.74) is 8.62. The Labute approximate surface area is 100 Å². The van der Waals surface area contributed by atoms with E-state index in [2.05, 4.69) is 19.9 Å². The summed E-state index contributed by atoms with van der Waals surface area (Å²) in [4.78, 5) is 0. The minimum Gasteiger partial charge on any atom is -0.324 e. The minimum absolute atomic E-state index is 0.361. The minimum atomic E-state index is 0.361. The quantitative estimate of drug-likeness (QED) is 0.713. The molecule has 1 fully saturated rings. The molecule has 1 unspecified atom stereocenters. The molecule has 0 saturated heterocycles. The molecule has 0 aromatic heterocycles.